The van der Waals surface area contributed by atoms with Gasteiger partial charge in [0.05, 0.1) is 5.92 Å². The zero-order valence-electron chi connectivity index (χ0n) is 6.79. The summed E-state index contributed by atoms with van der Waals surface area (Å²) in [5.74, 6) is -4.75. The maximum atomic E-state index is 12.9. The van der Waals surface area contributed by atoms with Crippen molar-refractivity contribution in [3.63, 3.8) is 0 Å². The van der Waals surface area contributed by atoms with Crippen LogP contribution in [-0.2, 0) is 4.79 Å². The van der Waals surface area contributed by atoms with Gasteiger partial charge in [-0.15, -0.1) is 0 Å². The minimum Gasteiger partial charge on any atom is -0.481 e. The van der Waals surface area contributed by atoms with Gasteiger partial charge in [-0.05, 0) is 13.0 Å². The molecule has 13 heavy (non-hydrogen) atoms. The van der Waals surface area contributed by atoms with E-state index in [4.69, 9.17) is 5.11 Å². The second kappa shape index (κ2) is 3.47. The molecule has 0 saturated heterocycles. The first kappa shape index (κ1) is 9.57. The summed E-state index contributed by atoms with van der Waals surface area (Å²) in [6.07, 6.45) is 1.03. The number of rotatable bonds is 2. The molecule has 0 fully saturated rings. The third-order valence-corrected chi connectivity index (χ3v) is 1.71. The Balaban J connectivity index is 3.15. The standard InChI is InChI=1S/C8H7F2NO2/c1-4(8(12)13)5-2-3-11-7(10)6(5)9/h2-4H,1H3,(H,12,13). The lowest BCUT2D eigenvalue weighted by Crippen LogP contribution is -2.10. The van der Waals surface area contributed by atoms with Gasteiger partial charge in [-0.1, -0.05) is 0 Å². The van der Waals surface area contributed by atoms with Crippen LogP contribution in [0.4, 0.5) is 8.78 Å². The van der Waals surface area contributed by atoms with Crippen LogP contribution in [-0.4, -0.2) is 16.1 Å². The molecule has 1 heterocycles. The van der Waals surface area contributed by atoms with E-state index in [2.05, 4.69) is 4.98 Å². The van der Waals surface area contributed by atoms with Crippen molar-refractivity contribution in [2.45, 2.75) is 12.8 Å². The predicted molar refractivity (Wildman–Crippen MR) is 40.2 cm³/mol. The number of hydrogen-bond donors (Lipinski definition) is 1. The maximum Gasteiger partial charge on any atom is 0.310 e. The van der Waals surface area contributed by atoms with Crippen molar-refractivity contribution >= 4 is 5.97 Å². The van der Waals surface area contributed by atoms with Gasteiger partial charge in [0.2, 0.25) is 5.95 Å². The topological polar surface area (TPSA) is 50.2 Å². The highest BCUT2D eigenvalue weighted by Gasteiger charge is 2.20. The van der Waals surface area contributed by atoms with Crippen molar-refractivity contribution in [1.82, 2.24) is 4.98 Å². The van der Waals surface area contributed by atoms with E-state index in [0.29, 0.717) is 0 Å². The molecule has 1 aromatic heterocycles. The van der Waals surface area contributed by atoms with Crippen LogP contribution in [0.5, 0.6) is 0 Å². The highest BCUT2D eigenvalue weighted by Crippen LogP contribution is 2.19. The Morgan fingerprint density at radius 3 is 2.77 bits per heavy atom. The summed E-state index contributed by atoms with van der Waals surface area (Å²) < 4.78 is 25.4. The number of carboxylic acids is 1. The Morgan fingerprint density at radius 1 is 1.62 bits per heavy atom. The third-order valence-electron chi connectivity index (χ3n) is 1.71. The number of aromatic nitrogens is 1. The molecule has 1 N–H and O–H groups in total. The lowest BCUT2D eigenvalue weighted by Gasteiger charge is -2.06. The highest BCUT2D eigenvalue weighted by molar-refractivity contribution is 5.75. The van der Waals surface area contributed by atoms with E-state index >= 15 is 0 Å². The fourth-order valence-corrected chi connectivity index (χ4v) is 0.899. The van der Waals surface area contributed by atoms with Gasteiger partial charge in [0, 0.05) is 11.8 Å². The van der Waals surface area contributed by atoms with Gasteiger partial charge in [-0.3, -0.25) is 4.79 Å². The fourth-order valence-electron chi connectivity index (χ4n) is 0.899. The number of hydrogen-bond acceptors (Lipinski definition) is 2. The molecule has 0 spiro atoms. The molecular formula is C8H7F2NO2. The molecule has 1 unspecified atom stereocenters. The van der Waals surface area contributed by atoms with Crippen molar-refractivity contribution in [1.29, 1.82) is 0 Å². The minimum atomic E-state index is -1.27. The molecule has 0 aliphatic carbocycles. The first-order chi connectivity index (χ1) is 6.04. The summed E-state index contributed by atoms with van der Waals surface area (Å²) in [5, 5.41) is 8.54. The number of nitrogens with zero attached hydrogens (tertiary/aromatic N) is 1. The van der Waals surface area contributed by atoms with E-state index in [1.807, 2.05) is 0 Å². The molecule has 0 aliphatic heterocycles. The summed E-state index contributed by atoms with van der Waals surface area (Å²) in [6.45, 7) is 1.28. The largest absolute Gasteiger partial charge is 0.481 e. The third kappa shape index (κ3) is 1.80. The molecule has 1 rings (SSSR count). The molecule has 3 nitrogen and oxygen atoms in total. The summed E-state index contributed by atoms with van der Waals surface area (Å²) in [7, 11) is 0. The smallest absolute Gasteiger partial charge is 0.310 e. The normalized spacial score (nSPS) is 12.5. The molecule has 0 aromatic carbocycles. The zero-order valence-corrected chi connectivity index (χ0v) is 6.79. The maximum absolute atomic E-state index is 12.9. The predicted octanol–water partition coefficient (Wildman–Crippen LogP) is 1.55. The average Bonchev–Trinajstić information content (AvgIpc) is 2.08. The van der Waals surface area contributed by atoms with Gasteiger partial charge < -0.3 is 5.11 Å². The summed E-state index contributed by atoms with van der Waals surface area (Å²) >= 11 is 0. The second-order valence-electron chi connectivity index (χ2n) is 2.56. The van der Waals surface area contributed by atoms with Crippen LogP contribution in [0.2, 0.25) is 0 Å². The minimum absolute atomic E-state index is 0.194. The Morgan fingerprint density at radius 2 is 2.23 bits per heavy atom. The number of halogens is 2. The van der Waals surface area contributed by atoms with Crippen LogP contribution in [0.25, 0.3) is 0 Å². The lowest BCUT2D eigenvalue weighted by molar-refractivity contribution is -0.138. The van der Waals surface area contributed by atoms with Crippen molar-refractivity contribution in [3.05, 3.63) is 29.6 Å². The van der Waals surface area contributed by atoms with Gasteiger partial charge >= 0.3 is 5.97 Å². The quantitative estimate of drug-likeness (QED) is 0.714. The van der Waals surface area contributed by atoms with E-state index in [1.54, 1.807) is 0 Å². The molecule has 0 amide bonds. The Labute approximate surface area is 73.0 Å². The van der Waals surface area contributed by atoms with Gasteiger partial charge in [-0.25, -0.2) is 9.37 Å². The number of pyridine rings is 1. The van der Waals surface area contributed by atoms with E-state index in [1.165, 1.54) is 6.92 Å². The van der Waals surface area contributed by atoms with E-state index in [-0.39, 0.29) is 5.56 Å². The van der Waals surface area contributed by atoms with Crippen LogP contribution in [0.1, 0.15) is 18.4 Å². The second-order valence-corrected chi connectivity index (χ2v) is 2.56. The molecular weight excluding hydrogens is 180 g/mol. The Bertz CT molecular complexity index is 341. The van der Waals surface area contributed by atoms with Crippen LogP contribution in [0.15, 0.2) is 12.3 Å². The van der Waals surface area contributed by atoms with Crippen LogP contribution in [0, 0.1) is 11.8 Å². The lowest BCUT2D eigenvalue weighted by atomic mass is 10.0. The van der Waals surface area contributed by atoms with E-state index < -0.39 is 23.7 Å². The first-order valence-corrected chi connectivity index (χ1v) is 3.56. The van der Waals surface area contributed by atoms with Gasteiger partial charge in [0.1, 0.15) is 0 Å². The van der Waals surface area contributed by atoms with Gasteiger partial charge in [0.15, 0.2) is 5.82 Å². The first-order valence-electron chi connectivity index (χ1n) is 3.56. The van der Waals surface area contributed by atoms with Gasteiger partial charge in [-0.2, -0.15) is 4.39 Å². The molecule has 70 valence electrons. The van der Waals surface area contributed by atoms with Crippen molar-refractivity contribution in [3.8, 4) is 0 Å². The molecule has 0 aliphatic rings. The Hall–Kier alpha value is -1.52. The van der Waals surface area contributed by atoms with Gasteiger partial charge in [0.25, 0.3) is 0 Å². The zero-order chi connectivity index (χ0) is 10.0. The Kier molecular flexibility index (Phi) is 2.55. The summed E-state index contributed by atoms with van der Waals surface area (Å²) in [6, 6.07) is 1.15. The average molecular weight is 187 g/mol. The molecule has 0 bridgehead atoms. The summed E-state index contributed by atoms with van der Waals surface area (Å²) in [4.78, 5) is 13.5. The number of aliphatic carboxylic acids is 1. The van der Waals surface area contributed by atoms with Crippen molar-refractivity contribution in [2.24, 2.45) is 0 Å². The molecule has 1 atom stereocenters. The van der Waals surface area contributed by atoms with Crippen LogP contribution in [0.3, 0.4) is 0 Å². The monoisotopic (exact) mass is 187 g/mol. The number of carbonyl (C=O) groups is 1. The molecule has 5 heteroatoms. The van der Waals surface area contributed by atoms with E-state index in [9.17, 15) is 13.6 Å². The number of carboxylic acid groups (broad SMARTS) is 1. The van der Waals surface area contributed by atoms with Crippen molar-refractivity contribution in [2.75, 3.05) is 0 Å². The van der Waals surface area contributed by atoms with Crippen LogP contribution < -0.4 is 0 Å². The highest BCUT2D eigenvalue weighted by atomic mass is 19.2. The SMILES string of the molecule is CC(C(=O)O)c1ccnc(F)c1F. The van der Waals surface area contributed by atoms with Crippen LogP contribution >= 0.6 is 0 Å². The molecule has 0 saturated carbocycles. The van der Waals surface area contributed by atoms with Crippen molar-refractivity contribution < 1.29 is 18.7 Å². The molecule has 0 radical (unpaired) electrons. The van der Waals surface area contributed by atoms with E-state index in [0.717, 1.165) is 12.3 Å². The summed E-state index contributed by atoms with van der Waals surface area (Å²) in [5.41, 5.74) is -0.194. The molecule has 1 aromatic rings. The fraction of sp³-hybridized carbons (Fsp3) is 0.250.